The molecule has 0 atom stereocenters. The van der Waals surface area contributed by atoms with Gasteiger partial charge in [-0.25, -0.2) is 4.98 Å². The molecule has 0 aliphatic heterocycles. The summed E-state index contributed by atoms with van der Waals surface area (Å²) in [7, 11) is 0. The molecule has 0 amide bonds. The van der Waals surface area contributed by atoms with Gasteiger partial charge in [0.2, 0.25) is 0 Å². The van der Waals surface area contributed by atoms with Gasteiger partial charge in [0.05, 0.1) is 18.2 Å². The first-order valence-corrected chi connectivity index (χ1v) is 8.92. The van der Waals surface area contributed by atoms with Crippen LogP contribution in [0.3, 0.4) is 0 Å². The molecule has 120 valence electrons. The number of ether oxygens (including phenoxy) is 1. The molecule has 1 N–H and O–H groups in total. The van der Waals surface area contributed by atoms with Gasteiger partial charge in [-0.1, -0.05) is 26.0 Å². The number of aromatic nitrogens is 2. The van der Waals surface area contributed by atoms with Gasteiger partial charge in [-0.3, -0.25) is 0 Å². The number of nitrogens with one attached hydrogen (secondary N) is 1. The quantitative estimate of drug-likeness (QED) is 0.638. The third-order valence-corrected chi connectivity index (χ3v) is 3.97. The lowest BCUT2D eigenvalue weighted by Gasteiger charge is -2.07. The van der Waals surface area contributed by atoms with Gasteiger partial charge in [-0.2, -0.15) is 0 Å². The minimum Gasteiger partial charge on any atom is -0.489 e. The number of aromatic amines is 1. The molecule has 0 saturated heterocycles. The molecule has 0 unspecified atom stereocenters. The maximum Gasteiger partial charge on any atom is 0.119 e. The van der Waals surface area contributed by atoms with Crippen LogP contribution in [-0.4, -0.2) is 16.2 Å². The summed E-state index contributed by atoms with van der Waals surface area (Å²) < 4.78 is 5.81. The molecule has 1 aromatic heterocycles. The van der Waals surface area contributed by atoms with Gasteiger partial charge in [0, 0.05) is 4.90 Å². The van der Waals surface area contributed by atoms with Gasteiger partial charge < -0.3 is 9.72 Å². The van der Waals surface area contributed by atoms with Crippen LogP contribution in [0.4, 0.5) is 0 Å². The zero-order valence-corrected chi connectivity index (χ0v) is 14.6. The molecule has 23 heavy (non-hydrogen) atoms. The Morgan fingerprint density at radius 3 is 2.26 bits per heavy atom. The van der Waals surface area contributed by atoms with Gasteiger partial charge in [-0.15, -0.1) is 11.8 Å². The van der Waals surface area contributed by atoms with E-state index in [2.05, 4.69) is 40.5 Å². The number of nitrogens with zero attached hydrogens (tertiary/aromatic N) is 1. The average molecular weight is 326 g/mol. The van der Waals surface area contributed by atoms with Gasteiger partial charge in [0.25, 0.3) is 0 Å². The maximum atomic E-state index is 5.81. The van der Waals surface area contributed by atoms with E-state index in [4.69, 9.17) is 4.74 Å². The molecule has 0 bridgehead atoms. The number of hydrogen-bond donors (Lipinski definition) is 1. The minimum atomic E-state index is 0.581. The summed E-state index contributed by atoms with van der Waals surface area (Å²) in [6.07, 6.45) is 5.56. The highest BCUT2D eigenvalue weighted by atomic mass is 32.2. The summed E-state index contributed by atoms with van der Waals surface area (Å²) in [5.41, 5.74) is 3.28. The number of rotatable bonds is 5. The van der Waals surface area contributed by atoms with E-state index in [9.17, 15) is 0 Å². The maximum absolute atomic E-state index is 5.81. The zero-order valence-electron chi connectivity index (χ0n) is 13.7. The predicted octanol–water partition coefficient (Wildman–Crippen LogP) is 5.40. The van der Waals surface area contributed by atoms with Crippen LogP contribution < -0.4 is 4.74 Å². The predicted molar refractivity (Wildman–Crippen MR) is 97.9 cm³/mol. The van der Waals surface area contributed by atoms with E-state index in [0.717, 1.165) is 17.0 Å². The van der Waals surface area contributed by atoms with Gasteiger partial charge in [0.1, 0.15) is 12.4 Å². The summed E-state index contributed by atoms with van der Waals surface area (Å²) in [4.78, 5) is 8.38. The summed E-state index contributed by atoms with van der Waals surface area (Å²) in [6, 6.07) is 16.4. The first kappa shape index (κ1) is 17.2. The third-order valence-electron chi connectivity index (χ3n) is 3.23. The normalized spacial score (nSPS) is 9.87. The highest BCUT2D eigenvalue weighted by Crippen LogP contribution is 2.21. The van der Waals surface area contributed by atoms with E-state index in [1.54, 1.807) is 18.1 Å². The number of hydrogen-bond acceptors (Lipinski definition) is 3. The Bertz CT molecular complexity index is 676. The van der Waals surface area contributed by atoms with Crippen molar-refractivity contribution in [2.75, 3.05) is 6.26 Å². The molecule has 0 fully saturated rings. The van der Waals surface area contributed by atoms with Crippen molar-refractivity contribution in [3.63, 3.8) is 0 Å². The Balaban J connectivity index is 0.000000924. The van der Waals surface area contributed by atoms with Crippen molar-refractivity contribution in [3.8, 4) is 17.0 Å². The SMILES string of the molecule is CC.CSc1ccc(COc2ccc(-c3cnc[nH]3)cc2)cc1. The van der Waals surface area contributed by atoms with Crippen molar-refractivity contribution in [2.24, 2.45) is 0 Å². The Kier molecular flexibility index (Phi) is 6.76. The molecule has 3 rings (SSSR count). The molecular formula is C19H22N2OS. The second-order valence-corrected chi connectivity index (χ2v) is 5.51. The second-order valence-electron chi connectivity index (χ2n) is 4.63. The Hall–Kier alpha value is -2.20. The van der Waals surface area contributed by atoms with Crippen LogP contribution in [0, 0.1) is 0 Å². The fourth-order valence-electron chi connectivity index (χ4n) is 2.03. The summed E-state index contributed by atoms with van der Waals surface area (Å²) in [5, 5.41) is 0. The van der Waals surface area contributed by atoms with E-state index >= 15 is 0 Å². The summed E-state index contributed by atoms with van der Waals surface area (Å²) in [6.45, 7) is 4.58. The number of H-pyrrole nitrogens is 1. The molecule has 3 aromatic rings. The minimum absolute atomic E-state index is 0.581. The van der Waals surface area contributed by atoms with E-state index in [0.29, 0.717) is 6.61 Å². The number of benzene rings is 2. The third kappa shape index (κ3) is 4.89. The topological polar surface area (TPSA) is 37.9 Å². The lowest BCUT2D eigenvalue weighted by molar-refractivity contribution is 0.306. The van der Waals surface area contributed by atoms with Crippen molar-refractivity contribution < 1.29 is 4.74 Å². The van der Waals surface area contributed by atoms with Crippen molar-refractivity contribution in [1.82, 2.24) is 9.97 Å². The smallest absolute Gasteiger partial charge is 0.119 e. The molecule has 0 saturated carbocycles. The van der Waals surface area contributed by atoms with Gasteiger partial charge in [0.15, 0.2) is 0 Å². The zero-order chi connectivity index (χ0) is 16.5. The van der Waals surface area contributed by atoms with Crippen LogP contribution in [0.25, 0.3) is 11.3 Å². The first-order chi connectivity index (χ1) is 11.3. The van der Waals surface area contributed by atoms with Crippen LogP contribution in [0.15, 0.2) is 66.0 Å². The van der Waals surface area contributed by atoms with Crippen LogP contribution in [0.1, 0.15) is 19.4 Å². The highest BCUT2D eigenvalue weighted by Gasteiger charge is 2.00. The van der Waals surface area contributed by atoms with Crippen molar-refractivity contribution in [3.05, 3.63) is 66.6 Å². The molecule has 0 aliphatic carbocycles. The van der Waals surface area contributed by atoms with E-state index in [-0.39, 0.29) is 0 Å². The van der Waals surface area contributed by atoms with Crippen LogP contribution >= 0.6 is 11.8 Å². The standard InChI is InChI=1S/C17H16N2OS.C2H6/c1-21-16-8-2-13(3-9-16)11-20-15-6-4-14(5-7-15)17-10-18-12-19-17;1-2/h2-10,12H,11H2,1H3,(H,18,19);1-2H3. The Labute approximate surface area is 142 Å². The monoisotopic (exact) mass is 326 g/mol. The van der Waals surface area contributed by atoms with Gasteiger partial charge >= 0.3 is 0 Å². The molecule has 2 aromatic carbocycles. The van der Waals surface area contributed by atoms with E-state index in [1.165, 1.54) is 10.5 Å². The van der Waals surface area contributed by atoms with E-state index < -0.39 is 0 Å². The fraction of sp³-hybridized carbons (Fsp3) is 0.211. The molecule has 0 spiro atoms. The Morgan fingerprint density at radius 1 is 1.00 bits per heavy atom. The molecular weight excluding hydrogens is 304 g/mol. The fourth-order valence-corrected chi connectivity index (χ4v) is 2.44. The van der Waals surface area contributed by atoms with Crippen molar-refractivity contribution in [2.45, 2.75) is 25.3 Å². The first-order valence-electron chi connectivity index (χ1n) is 7.70. The van der Waals surface area contributed by atoms with Crippen LogP contribution in [-0.2, 0) is 6.61 Å². The lowest BCUT2D eigenvalue weighted by atomic mass is 10.1. The van der Waals surface area contributed by atoms with Crippen LogP contribution in [0.2, 0.25) is 0 Å². The average Bonchev–Trinajstić information content (AvgIpc) is 3.17. The molecule has 1 heterocycles. The largest absolute Gasteiger partial charge is 0.489 e. The molecule has 0 aliphatic rings. The highest BCUT2D eigenvalue weighted by molar-refractivity contribution is 7.98. The number of thioether (sulfide) groups is 1. The summed E-state index contributed by atoms with van der Waals surface area (Å²) in [5.74, 6) is 0.868. The second kappa shape index (κ2) is 9.06. The summed E-state index contributed by atoms with van der Waals surface area (Å²) >= 11 is 1.74. The van der Waals surface area contributed by atoms with Crippen molar-refractivity contribution in [1.29, 1.82) is 0 Å². The van der Waals surface area contributed by atoms with E-state index in [1.807, 2.05) is 44.3 Å². The van der Waals surface area contributed by atoms with Crippen molar-refractivity contribution >= 4 is 11.8 Å². The molecule has 3 nitrogen and oxygen atoms in total. The lowest BCUT2D eigenvalue weighted by Crippen LogP contribution is -1.95. The Morgan fingerprint density at radius 2 is 1.70 bits per heavy atom. The van der Waals surface area contributed by atoms with Crippen LogP contribution in [0.5, 0.6) is 5.75 Å². The molecule has 4 heteroatoms. The van der Waals surface area contributed by atoms with Gasteiger partial charge in [-0.05, 0) is 53.8 Å². The number of imidazole rings is 1. The molecule has 0 radical (unpaired) electrons.